The first-order valence-corrected chi connectivity index (χ1v) is 7.19. The molecule has 4 heteroatoms. The molecule has 20 heavy (non-hydrogen) atoms. The first kappa shape index (κ1) is 14.6. The summed E-state index contributed by atoms with van der Waals surface area (Å²) in [5, 5.41) is 7.97. The van der Waals surface area contributed by atoms with Crippen LogP contribution in [-0.4, -0.2) is 23.4 Å². The zero-order chi connectivity index (χ0) is 14.4. The first-order chi connectivity index (χ1) is 9.80. The lowest BCUT2D eigenvalue weighted by Crippen LogP contribution is -2.25. The van der Waals surface area contributed by atoms with Crippen LogP contribution in [0.2, 0.25) is 0 Å². The summed E-state index contributed by atoms with van der Waals surface area (Å²) in [5.74, 6) is 0.881. The van der Waals surface area contributed by atoms with Crippen LogP contribution in [0.3, 0.4) is 0 Å². The molecule has 0 saturated heterocycles. The average molecular weight is 273 g/mol. The van der Waals surface area contributed by atoms with Crippen LogP contribution in [0.1, 0.15) is 37.6 Å². The Labute approximate surface area is 120 Å². The highest BCUT2D eigenvalue weighted by molar-refractivity contribution is 5.33. The molecular weight excluding hydrogens is 250 g/mol. The maximum absolute atomic E-state index is 5.23. The number of hydrogen-bond donors (Lipinski definition) is 1. The van der Waals surface area contributed by atoms with Gasteiger partial charge in [-0.3, -0.25) is 4.68 Å². The highest BCUT2D eigenvalue weighted by atomic mass is 16.5. The number of rotatable bonds is 7. The van der Waals surface area contributed by atoms with E-state index in [1.807, 2.05) is 23.0 Å². The standard InChI is InChI=1S/C16H23N3O/c1-4-11-17-16(15-10-12-18-19(15)5-2)13-6-8-14(20-3)9-7-13/h6-10,12,16-17H,4-5,11H2,1-3H3. The second-order valence-electron chi connectivity index (χ2n) is 4.73. The summed E-state index contributed by atoms with van der Waals surface area (Å²) in [6.45, 7) is 6.14. The minimum absolute atomic E-state index is 0.170. The lowest BCUT2D eigenvalue weighted by molar-refractivity contribution is 0.414. The average Bonchev–Trinajstić information content (AvgIpc) is 2.96. The van der Waals surface area contributed by atoms with Gasteiger partial charge in [0, 0.05) is 12.7 Å². The van der Waals surface area contributed by atoms with E-state index in [0.29, 0.717) is 0 Å². The van der Waals surface area contributed by atoms with Gasteiger partial charge in [0.15, 0.2) is 0 Å². The molecule has 1 aromatic carbocycles. The molecule has 1 aromatic heterocycles. The van der Waals surface area contributed by atoms with E-state index in [1.165, 1.54) is 11.3 Å². The molecule has 0 aliphatic carbocycles. The van der Waals surface area contributed by atoms with Crippen LogP contribution in [0, 0.1) is 0 Å². The van der Waals surface area contributed by atoms with E-state index >= 15 is 0 Å². The van der Waals surface area contributed by atoms with Crippen molar-refractivity contribution in [2.45, 2.75) is 32.9 Å². The van der Waals surface area contributed by atoms with Gasteiger partial charge in [-0.05, 0) is 43.7 Å². The van der Waals surface area contributed by atoms with Gasteiger partial charge in [0.1, 0.15) is 5.75 Å². The zero-order valence-corrected chi connectivity index (χ0v) is 12.5. The third-order valence-corrected chi connectivity index (χ3v) is 3.39. The summed E-state index contributed by atoms with van der Waals surface area (Å²) in [5.41, 5.74) is 2.43. The van der Waals surface area contributed by atoms with Crippen molar-refractivity contribution < 1.29 is 4.74 Å². The van der Waals surface area contributed by atoms with E-state index in [0.717, 1.165) is 25.3 Å². The van der Waals surface area contributed by atoms with Crippen LogP contribution in [0.15, 0.2) is 36.5 Å². The molecule has 4 nitrogen and oxygen atoms in total. The Balaban J connectivity index is 2.30. The molecular formula is C16H23N3O. The van der Waals surface area contributed by atoms with Gasteiger partial charge in [-0.1, -0.05) is 19.1 Å². The smallest absolute Gasteiger partial charge is 0.118 e. The van der Waals surface area contributed by atoms with Crippen molar-refractivity contribution in [2.75, 3.05) is 13.7 Å². The van der Waals surface area contributed by atoms with Crippen molar-refractivity contribution >= 4 is 0 Å². The molecule has 0 aliphatic rings. The molecule has 1 unspecified atom stereocenters. The van der Waals surface area contributed by atoms with Gasteiger partial charge >= 0.3 is 0 Å². The van der Waals surface area contributed by atoms with Crippen LogP contribution in [0.25, 0.3) is 0 Å². The predicted molar refractivity (Wildman–Crippen MR) is 81.0 cm³/mol. The van der Waals surface area contributed by atoms with Gasteiger partial charge < -0.3 is 10.1 Å². The molecule has 2 rings (SSSR count). The molecule has 0 spiro atoms. The number of nitrogens with zero attached hydrogens (tertiary/aromatic N) is 2. The van der Waals surface area contributed by atoms with Gasteiger partial charge in [0.25, 0.3) is 0 Å². The zero-order valence-electron chi connectivity index (χ0n) is 12.5. The summed E-state index contributed by atoms with van der Waals surface area (Å²) in [4.78, 5) is 0. The molecule has 1 N–H and O–H groups in total. The number of aryl methyl sites for hydroxylation is 1. The van der Waals surface area contributed by atoms with E-state index in [2.05, 4.69) is 42.5 Å². The Kier molecular flexibility index (Phi) is 5.18. The van der Waals surface area contributed by atoms with Crippen molar-refractivity contribution in [1.82, 2.24) is 15.1 Å². The topological polar surface area (TPSA) is 39.1 Å². The first-order valence-electron chi connectivity index (χ1n) is 7.19. The van der Waals surface area contributed by atoms with E-state index in [-0.39, 0.29) is 6.04 Å². The van der Waals surface area contributed by atoms with Crippen molar-refractivity contribution in [1.29, 1.82) is 0 Å². The van der Waals surface area contributed by atoms with Crippen LogP contribution >= 0.6 is 0 Å². The van der Waals surface area contributed by atoms with Crippen LogP contribution in [0.4, 0.5) is 0 Å². The highest BCUT2D eigenvalue weighted by Gasteiger charge is 2.17. The molecule has 108 valence electrons. The Bertz CT molecular complexity index is 519. The minimum Gasteiger partial charge on any atom is -0.497 e. The van der Waals surface area contributed by atoms with Crippen molar-refractivity contribution in [3.05, 3.63) is 47.8 Å². The molecule has 0 saturated carbocycles. The quantitative estimate of drug-likeness (QED) is 0.843. The van der Waals surface area contributed by atoms with E-state index in [9.17, 15) is 0 Å². The molecule has 2 aromatic rings. The second kappa shape index (κ2) is 7.10. The minimum atomic E-state index is 0.170. The van der Waals surface area contributed by atoms with Gasteiger partial charge in [0.05, 0.1) is 18.8 Å². The van der Waals surface area contributed by atoms with Crippen molar-refractivity contribution in [2.24, 2.45) is 0 Å². The van der Waals surface area contributed by atoms with E-state index < -0.39 is 0 Å². The van der Waals surface area contributed by atoms with Crippen molar-refractivity contribution in [3.63, 3.8) is 0 Å². The molecule has 0 bridgehead atoms. The van der Waals surface area contributed by atoms with Gasteiger partial charge in [-0.25, -0.2) is 0 Å². The summed E-state index contributed by atoms with van der Waals surface area (Å²) in [6.07, 6.45) is 2.97. The van der Waals surface area contributed by atoms with Crippen molar-refractivity contribution in [3.8, 4) is 5.75 Å². The Morgan fingerprint density at radius 1 is 1.20 bits per heavy atom. The number of hydrogen-bond acceptors (Lipinski definition) is 3. The molecule has 0 fully saturated rings. The SMILES string of the molecule is CCCNC(c1ccc(OC)cc1)c1ccnn1CC. The molecule has 1 atom stereocenters. The van der Waals surface area contributed by atoms with Crippen LogP contribution in [-0.2, 0) is 6.54 Å². The third kappa shape index (κ3) is 3.20. The third-order valence-electron chi connectivity index (χ3n) is 3.39. The second-order valence-corrected chi connectivity index (χ2v) is 4.73. The lowest BCUT2D eigenvalue weighted by atomic mass is 10.0. The van der Waals surface area contributed by atoms with Crippen LogP contribution < -0.4 is 10.1 Å². The summed E-state index contributed by atoms with van der Waals surface area (Å²) >= 11 is 0. The maximum Gasteiger partial charge on any atom is 0.118 e. The van der Waals surface area contributed by atoms with E-state index in [1.54, 1.807) is 7.11 Å². The van der Waals surface area contributed by atoms with Gasteiger partial charge in [-0.2, -0.15) is 5.10 Å². The van der Waals surface area contributed by atoms with Crippen LogP contribution in [0.5, 0.6) is 5.75 Å². The number of nitrogens with one attached hydrogen (secondary N) is 1. The number of ether oxygens (including phenoxy) is 1. The van der Waals surface area contributed by atoms with Gasteiger partial charge in [0.2, 0.25) is 0 Å². The number of methoxy groups -OCH3 is 1. The molecule has 0 radical (unpaired) electrons. The van der Waals surface area contributed by atoms with E-state index in [4.69, 9.17) is 4.74 Å². The Morgan fingerprint density at radius 3 is 2.55 bits per heavy atom. The summed E-state index contributed by atoms with van der Waals surface area (Å²) in [6, 6.07) is 10.5. The highest BCUT2D eigenvalue weighted by Crippen LogP contribution is 2.24. The normalized spacial score (nSPS) is 12.3. The maximum atomic E-state index is 5.23. The van der Waals surface area contributed by atoms with Gasteiger partial charge in [-0.15, -0.1) is 0 Å². The monoisotopic (exact) mass is 273 g/mol. The largest absolute Gasteiger partial charge is 0.497 e. The summed E-state index contributed by atoms with van der Waals surface area (Å²) in [7, 11) is 1.69. The molecule has 0 aliphatic heterocycles. The fraction of sp³-hybridized carbons (Fsp3) is 0.438. The Hall–Kier alpha value is -1.81. The molecule has 0 amide bonds. The summed E-state index contributed by atoms with van der Waals surface area (Å²) < 4.78 is 7.27. The fourth-order valence-electron chi connectivity index (χ4n) is 2.33. The number of benzene rings is 1. The predicted octanol–water partition coefficient (Wildman–Crippen LogP) is 3.00. The fourth-order valence-corrected chi connectivity index (χ4v) is 2.33. The number of aromatic nitrogens is 2. The Morgan fingerprint density at radius 2 is 1.95 bits per heavy atom. The molecule has 1 heterocycles. The lowest BCUT2D eigenvalue weighted by Gasteiger charge is -2.20.